The SMILES string of the molecule is NS(=O)(=O)c1ccc(NCc2cccc(COCc3ccco3)c2)c([N+](=O)[O-])c1. The zero-order chi connectivity index (χ0) is 20.9. The molecular weight excluding hydrogens is 398 g/mol. The van der Waals surface area contributed by atoms with E-state index in [-0.39, 0.29) is 16.3 Å². The van der Waals surface area contributed by atoms with Gasteiger partial charge in [-0.05, 0) is 35.4 Å². The third kappa shape index (κ3) is 5.64. The van der Waals surface area contributed by atoms with Crippen LogP contribution in [0.25, 0.3) is 0 Å². The maximum absolute atomic E-state index is 11.4. The number of anilines is 1. The summed E-state index contributed by atoms with van der Waals surface area (Å²) >= 11 is 0. The summed E-state index contributed by atoms with van der Waals surface area (Å²) in [6.45, 7) is 1.05. The van der Waals surface area contributed by atoms with E-state index in [1.54, 1.807) is 12.3 Å². The van der Waals surface area contributed by atoms with Crippen LogP contribution in [0.2, 0.25) is 0 Å². The molecule has 3 aromatic rings. The van der Waals surface area contributed by atoms with Crippen LogP contribution < -0.4 is 10.5 Å². The van der Waals surface area contributed by atoms with Gasteiger partial charge in [-0.25, -0.2) is 13.6 Å². The van der Waals surface area contributed by atoms with Crippen molar-refractivity contribution in [3.8, 4) is 0 Å². The Bertz CT molecular complexity index is 1100. The highest BCUT2D eigenvalue weighted by Gasteiger charge is 2.18. The molecule has 0 aliphatic heterocycles. The van der Waals surface area contributed by atoms with Crippen LogP contribution in [0.5, 0.6) is 0 Å². The quantitative estimate of drug-likeness (QED) is 0.403. The molecule has 1 heterocycles. The second-order valence-electron chi connectivity index (χ2n) is 6.23. The first-order valence-corrected chi connectivity index (χ1v) is 10.1. The van der Waals surface area contributed by atoms with Crippen molar-refractivity contribution in [1.82, 2.24) is 0 Å². The minimum absolute atomic E-state index is 0.196. The summed E-state index contributed by atoms with van der Waals surface area (Å²) in [7, 11) is -4.03. The summed E-state index contributed by atoms with van der Waals surface area (Å²) in [5.74, 6) is 0.734. The Kier molecular flexibility index (Phi) is 6.27. The topological polar surface area (TPSA) is 138 Å². The van der Waals surface area contributed by atoms with Crippen LogP contribution in [0.15, 0.2) is 70.2 Å². The van der Waals surface area contributed by atoms with Gasteiger partial charge in [-0.15, -0.1) is 0 Å². The van der Waals surface area contributed by atoms with Gasteiger partial charge >= 0.3 is 0 Å². The zero-order valence-electron chi connectivity index (χ0n) is 15.3. The molecule has 0 spiro atoms. The molecule has 0 saturated carbocycles. The molecule has 152 valence electrons. The molecule has 0 aliphatic rings. The fraction of sp³-hybridized carbons (Fsp3) is 0.158. The number of primary sulfonamides is 1. The molecule has 0 saturated heterocycles. The fourth-order valence-electron chi connectivity index (χ4n) is 2.68. The molecule has 3 N–H and O–H groups in total. The van der Waals surface area contributed by atoms with E-state index in [1.807, 2.05) is 30.3 Å². The van der Waals surface area contributed by atoms with Crippen LogP contribution in [0.1, 0.15) is 16.9 Å². The molecule has 0 atom stereocenters. The molecule has 0 amide bonds. The Morgan fingerprint density at radius 1 is 1.07 bits per heavy atom. The van der Waals surface area contributed by atoms with Gasteiger partial charge in [0.15, 0.2) is 0 Å². The number of ether oxygens (including phenoxy) is 1. The standard InChI is InChI=1S/C19H19N3O6S/c20-29(25,26)17-6-7-18(19(10-17)22(23)24)21-11-14-3-1-4-15(9-14)12-27-13-16-5-2-8-28-16/h1-10,21H,11-13H2,(H2,20,25,26). The van der Waals surface area contributed by atoms with Crippen molar-refractivity contribution >= 4 is 21.4 Å². The zero-order valence-corrected chi connectivity index (χ0v) is 16.1. The number of nitro groups is 1. The smallest absolute Gasteiger partial charge is 0.293 e. The normalized spacial score (nSPS) is 11.3. The number of furan rings is 1. The predicted octanol–water partition coefficient (Wildman–Crippen LogP) is 3.16. The highest BCUT2D eigenvalue weighted by Crippen LogP contribution is 2.27. The van der Waals surface area contributed by atoms with Gasteiger partial charge < -0.3 is 14.5 Å². The largest absolute Gasteiger partial charge is 0.467 e. The van der Waals surface area contributed by atoms with Gasteiger partial charge in [0.05, 0.1) is 22.7 Å². The fourth-order valence-corrected chi connectivity index (χ4v) is 3.21. The monoisotopic (exact) mass is 417 g/mol. The number of nitro benzene ring substituents is 1. The van der Waals surface area contributed by atoms with E-state index in [2.05, 4.69) is 5.32 Å². The number of nitrogens with zero attached hydrogens (tertiary/aromatic N) is 1. The number of hydrogen-bond donors (Lipinski definition) is 2. The lowest BCUT2D eigenvalue weighted by Gasteiger charge is -2.10. The van der Waals surface area contributed by atoms with Crippen LogP contribution >= 0.6 is 0 Å². The number of rotatable bonds is 9. The highest BCUT2D eigenvalue weighted by molar-refractivity contribution is 7.89. The van der Waals surface area contributed by atoms with Gasteiger partial charge in [0, 0.05) is 12.6 Å². The van der Waals surface area contributed by atoms with Gasteiger partial charge in [-0.1, -0.05) is 24.3 Å². The first-order valence-electron chi connectivity index (χ1n) is 8.56. The third-order valence-corrected chi connectivity index (χ3v) is 4.97. The van der Waals surface area contributed by atoms with E-state index in [0.29, 0.717) is 19.8 Å². The van der Waals surface area contributed by atoms with E-state index in [9.17, 15) is 18.5 Å². The van der Waals surface area contributed by atoms with E-state index in [0.717, 1.165) is 23.0 Å². The summed E-state index contributed by atoms with van der Waals surface area (Å²) in [5, 5.41) is 19.3. The summed E-state index contributed by atoms with van der Waals surface area (Å²) in [6, 6.07) is 14.7. The van der Waals surface area contributed by atoms with Crippen LogP contribution in [0.4, 0.5) is 11.4 Å². The Hall–Kier alpha value is -3.21. The van der Waals surface area contributed by atoms with E-state index in [1.165, 1.54) is 12.1 Å². The van der Waals surface area contributed by atoms with Crippen molar-refractivity contribution < 1.29 is 22.5 Å². The Morgan fingerprint density at radius 3 is 2.55 bits per heavy atom. The van der Waals surface area contributed by atoms with Crippen molar-refractivity contribution in [3.63, 3.8) is 0 Å². The lowest BCUT2D eigenvalue weighted by atomic mass is 10.1. The molecule has 29 heavy (non-hydrogen) atoms. The van der Waals surface area contributed by atoms with Crippen molar-refractivity contribution in [1.29, 1.82) is 0 Å². The lowest BCUT2D eigenvalue weighted by molar-refractivity contribution is -0.384. The number of hydrogen-bond acceptors (Lipinski definition) is 7. The van der Waals surface area contributed by atoms with Crippen LogP contribution in [-0.4, -0.2) is 13.3 Å². The van der Waals surface area contributed by atoms with Gasteiger partial charge in [0.25, 0.3) is 5.69 Å². The van der Waals surface area contributed by atoms with Crippen LogP contribution in [0, 0.1) is 10.1 Å². The number of nitrogens with one attached hydrogen (secondary N) is 1. The maximum atomic E-state index is 11.4. The molecular formula is C19H19N3O6S. The first-order chi connectivity index (χ1) is 13.8. The third-order valence-electron chi connectivity index (χ3n) is 4.06. The van der Waals surface area contributed by atoms with Gasteiger partial charge in [0.2, 0.25) is 10.0 Å². The number of sulfonamides is 1. The lowest BCUT2D eigenvalue weighted by Crippen LogP contribution is -2.13. The first kappa shape index (κ1) is 20.5. The molecule has 1 aromatic heterocycles. The van der Waals surface area contributed by atoms with Gasteiger partial charge in [-0.2, -0.15) is 0 Å². The second kappa shape index (κ2) is 8.86. The van der Waals surface area contributed by atoms with E-state index >= 15 is 0 Å². The van der Waals surface area contributed by atoms with Crippen LogP contribution in [-0.2, 0) is 34.5 Å². The van der Waals surface area contributed by atoms with Gasteiger partial charge in [0.1, 0.15) is 18.1 Å². The second-order valence-corrected chi connectivity index (χ2v) is 7.79. The highest BCUT2D eigenvalue weighted by atomic mass is 32.2. The summed E-state index contributed by atoms with van der Waals surface area (Å²) in [6.07, 6.45) is 1.58. The van der Waals surface area contributed by atoms with Crippen molar-refractivity contribution in [3.05, 3.63) is 87.9 Å². The Morgan fingerprint density at radius 2 is 1.86 bits per heavy atom. The van der Waals surface area contributed by atoms with Crippen molar-refractivity contribution in [2.45, 2.75) is 24.7 Å². The molecule has 3 rings (SSSR count). The molecule has 10 heteroatoms. The number of benzene rings is 2. The molecule has 0 bridgehead atoms. The maximum Gasteiger partial charge on any atom is 0.293 e. The Balaban J connectivity index is 1.66. The molecule has 2 aromatic carbocycles. The molecule has 0 aliphatic carbocycles. The van der Waals surface area contributed by atoms with Crippen molar-refractivity contribution in [2.75, 3.05) is 5.32 Å². The van der Waals surface area contributed by atoms with E-state index in [4.69, 9.17) is 14.3 Å². The average molecular weight is 417 g/mol. The van der Waals surface area contributed by atoms with Crippen LogP contribution in [0.3, 0.4) is 0 Å². The summed E-state index contributed by atoms with van der Waals surface area (Å²) in [4.78, 5) is 10.3. The summed E-state index contributed by atoms with van der Waals surface area (Å²) < 4.78 is 33.6. The molecule has 0 fully saturated rings. The minimum Gasteiger partial charge on any atom is -0.467 e. The predicted molar refractivity (Wildman–Crippen MR) is 105 cm³/mol. The Labute approximate surface area is 167 Å². The number of nitrogens with two attached hydrogens (primary N) is 1. The van der Waals surface area contributed by atoms with Crippen molar-refractivity contribution in [2.24, 2.45) is 5.14 Å². The molecule has 9 nitrogen and oxygen atoms in total. The molecule has 0 radical (unpaired) electrons. The molecule has 0 unspecified atom stereocenters. The minimum atomic E-state index is -4.03. The van der Waals surface area contributed by atoms with Gasteiger partial charge in [-0.3, -0.25) is 10.1 Å². The average Bonchev–Trinajstić information content (AvgIpc) is 3.19. The van der Waals surface area contributed by atoms with E-state index < -0.39 is 14.9 Å². The summed E-state index contributed by atoms with van der Waals surface area (Å²) in [5.41, 5.74) is 1.65.